The standard InChI is InChI=1S/C14H22BrN3O2/c1-5-18-9-10(15)8-11(18)13(20)16-7-6-12(19)17-14(2,3)4/h8-9H,5-7H2,1-4H3,(H,16,20)(H,17,19). The van der Waals surface area contributed by atoms with Crippen molar-refractivity contribution in [2.24, 2.45) is 0 Å². The number of hydrogen-bond donors (Lipinski definition) is 2. The molecule has 0 saturated carbocycles. The molecule has 20 heavy (non-hydrogen) atoms. The third kappa shape index (κ3) is 5.36. The van der Waals surface area contributed by atoms with Crippen LogP contribution in [0.15, 0.2) is 16.7 Å². The van der Waals surface area contributed by atoms with E-state index in [0.717, 1.165) is 11.0 Å². The summed E-state index contributed by atoms with van der Waals surface area (Å²) in [6.45, 7) is 8.80. The zero-order valence-corrected chi connectivity index (χ0v) is 14.0. The molecule has 0 spiro atoms. The van der Waals surface area contributed by atoms with E-state index < -0.39 is 0 Å². The fraction of sp³-hybridized carbons (Fsp3) is 0.571. The Morgan fingerprint density at radius 2 is 2.00 bits per heavy atom. The SMILES string of the molecule is CCn1cc(Br)cc1C(=O)NCCC(=O)NC(C)(C)C. The van der Waals surface area contributed by atoms with Crippen LogP contribution in [-0.2, 0) is 11.3 Å². The Morgan fingerprint density at radius 3 is 2.55 bits per heavy atom. The first-order valence-electron chi connectivity index (χ1n) is 6.68. The van der Waals surface area contributed by atoms with Gasteiger partial charge < -0.3 is 15.2 Å². The van der Waals surface area contributed by atoms with Crippen LogP contribution in [0.2, 0.25) is 0 Å². The molecule has 0 bridgehead atoms. The molecular formula is C14H22BrN3O2. The molecule has 1 aromatic rings. The van der Waals surface area contributed by atoms with Crippen LogP contribution in [0, 0.1) is 0 Å². The molecule has 0 saturated heterocycles. The van der Waals surface area contributed by atoms with Gasteiger partial charge in [-0.1, -0.05) is 0 Å². The summed E-state index contributed by atoms with van der Waals surface area (Å²) in [6.07, 6.45) is 2.14. The van der Waals surface area contributed by atoms with E-state index in [0.29, 0.717) is 12.2 Å². The first-order chi connectivity index (χ1) is 9.23. The van der Waals surface area contributed by atoms with Crippen molar-refractivity contribution in [2.75, 3.05) is 6.54 Å². The molecule has 0 radical (unpaired) electrons. The lowest BCUT2D eigenvalue weighted by molar-refractivity contribution is -0.122. The largest absolute Gasteiger partial charge is 0.351 e. The van der Waals surface area contributed by atoms with Gasteiger partial charge >= 0.3 is 0 Å². The van der Waals surface area contributed by atoms with Crippen molar-refractivity contribution in [3.63, 3.8) is 0 Å². The second kappa shape index (κ2) is 6.92. The molecule has 0 fully saturated rings. The van der Waals surface area contributed by atoms with Crippen molar-refractivity contribution in [3.8, 4) is 0 Å². The van der Waals surface area contributed by atoms with Crippen molar-refractivity contribution >= 4 is 27.7 Å². The van der Waals surface area contributed by atoms with Crippen molar-refractivity contribution in [2.45, 2.75) is 46.2 Å². The number of halogens is 1. The minimum Gasteiger partial charge on any atom is -0.351 e. The summed E-state index contributed by atoms with van der Waals surface area (Å²) in [5.74, 6) is -0.231. The molecule has 0 unspecified atom stereocenters. The molecule has 2 N–H and O–H groups in total. The molecule has 0 aliphatic carbocycles. The Kier molecular flexibility index (Phi) is 5.80. The predicted molar refractivity (Wildman–Crippen MR) is 82.7 cm³/mol. The van der Waals surface area contributed by atoms with E-state index in [9.17, 15) is 9.59 Å². The zero-order chi connectivity index (χ0) is 15.3. The van der Waals surface area contributed by atoms with Gasteiger partial charge in [-0.3, -0.25) is 9.59 Å². The van der Waals surface area contributed by atoms with Gasteiger partial charge in [-0.25, -0.2) is 0 Å². The summed E-state index contributed by atoms with van der Waals surface area (Å²) in [4.78, 5) is 23.6. The number of nitrogens with zero attached hydrogens (tertiary/aromatic N) is 1. The minimum absolute atomic E-state index is 0.0649. The van der Waals surface area contributed by atoms with E-state index >= 15 is 0 Å². The first-order valence-corrected chi connectivity index (χ1v) is 7.47. The third-order valence-electron chi connectivity index (χ3n) is 2.59. The highest BCUT2D eigenvalue weighted by molar-refractivity contribution is 9.10. The van der Waals surface area contributed by atoms with Crippen LogP contribution in [-0.4, -0.2) is 28.5 Å². The van der Waals surface area contributed by atoms with Crippen molar-refractivity contribution in [1.82, 2.24) is 15.2 Å². The second-order valence-corrected chi connectivity index (χ2v) is 6.55. The lowest BCUT2D eigenvalue weighted by Crippen LogP contribution is -2.42. The number of carbonyl (C=O) groups is 2. The minimum atomic E-state index is -0.247. The van der Waals surface area contributed by atoms with Gasteiger partial charge in [-0.05, 0) is 49.7 Å². The maximum atomic E-state index is 12.0. The van der Waals surface area contributed by atoms with Crippen LogP contribution in [0.5, 0.6) is 0 Å². The Labute approximate surface area is 128 Å². The summed E-state index contributed by atoms with van der Waals surface area (Å²) >= 11 is 3.35. The van der Waals surface area contributed by atoms with Gasteiger partial charge in [-0.15, -0.1) is 0 Å². The average Bonchev–Trinajstić information content (AvgIpc) is 2.68. The smallest absolute Gasteiger partial charge is 0.267 e. The number of aryl methyl sites for hydroxylation is 1. The average molecular weight is 344 g/mol. The third-order valence-corrected chi connectivity index (χ3v) is 3.02. The molecule has 1 rings (SSSR count). The van der Waals surface area contributed by atoms with E-state index in [-0.39, 0.29) is 23.8 Å². The van der Waals surface area contributed by atoms with Crippen LogP contribution < -0.4 is 10.6 Å². The Bertz CT molecular complexity index is 489. The molecule has 1 aromatic heterocycles. The van der Waals surface area contributed by atoms with Crippen LogP contribution in [0.25, 0.3) is 0 Å². The lowest BCUT2D eigenvalue weighted by atomic mass is 10.1. The van der Waals surface area contributed by atoms with Gasteiger partial charge in [0.1, 0.15) is 5.69 Å². The highest BCUT2D eigenvalue weighted by Gasteiger charge is 2.15. The predicted octanol–water partition coefficient (Wildman–Crippen LogP) is 2.31. The quantitative estimate of drug-likeness (QED) is 0.861. The number of carbonyl (C=O) groups excluding carboxylic acids is 2. The van der Waals surface area contributed by atoms with E-state index in [1.807, 2.05) is 38.5 Å². The van der Waals surface area contributed by atoms with Gasteiger partial charge in [0.05, 0.1) is 0 Å². The lowest BCUT2D eigenvalue weighted by Gasteiger charge is -2.20. The van der Waals surface area contributed by atoms with E-state index in [4.69, 9.17) is 0 Å². The summed E-state index contributed by atoms with van der Waals surface area (Å²) in [6, 6.07) is 1.77. The maximum Gasteiger partial charge on any atom is 0.267 e. The zero-order valence-electron chi connectivity index (χ0n) is 12.4. The molecule has 0 aromatic carbocycles. The van der Waals surface area contributed by atoms with Gasteiger partial charge in [0, 0.05) is 35.7 Å². The Balaban J connectivity index is 2.46. The van der Waals surface area contributed by atoms with Crippen molar-refractivity contribution in [3.05, 3.63) is 22.4 Å². The molecule has 2 amide bonds. The van der Waals surface area contributed by atoms with Crippen molar-refractivity contribution < 1.29 is 9.59 Å². The first kappa shape index (κ1) is 16.8. The highest BCUT2D eigenvalue weighted by atomic mass is 79.9. The number of hydrogen-bond acceptors (Lipinski definition) is 2. The van der Waals surface area contributed by atoms with E-state index in [2.05, 4.69) is 26.6 Å². The van der Waals surface area contributed by atoms with E-state index in [1.54, 1.807) is 6.07 Å². The monoisotopic (exact) mass is 343 g/mol. The molecule has 6 heteroatoms. The van der Waals surface area contributed by atoms with Gasteiger partial charge in [0.2, 0.25) is 5.91 Å². The molecule has 0 aliphatic rings. The number of rotatable bonds is 5. The molecular weight excluding hydrogens is 322 g/mol. The number of aromatic nitrogens is 1. The van der Waals surface area contributed by atoms with Crippen LogP contribution in [0.1, 0.15) is 44.6 Å². The van der Waals surface area contributed by atoms with Crippen LogP contribution >= 0.6 is 15.9 Å². The summed E-state index contributed by atoms with van der Waals surface area (Å²) in [5, 5.41) is 5.62. The summed E-state index contributed by atoms with van der Waals surface area (Å²) in [5.41, 5.74) is 0.346. The molecule has 0 atom stereocenters. The second-order valence-electron chi connectivity index (χ2n) is 5.63. The summed E-state index contributed by atoms with van der Waals surface area (Å²) in [7, 11) is 0. The highest BCUT2D eigenvalue weighted by Crippen LogP contribution is 2.14. The number of amides is 2. The fourth-order valence-corrected chi connectivity index (χ4v) is 2.25. The normalized spacial score (nSPS) is 11.2. The van der Waals surface area contributed by atoms with Gasteiger partial charge in [0.25, 0.3) is 5.91 Å². The maximum absolute atomic E-state index is 12.0. The van der Waals surface area contributed by atoms with Crippen molar-refractivity contribution in [1.29, 1.82) is 0 Å². The number of nitrogens with one attached hydrogen (secondary N) is 2. The van der Waals surface area contributed by atoms with Gasteiger partial charge in [-0.2, -0.15) is 0 Å². The molecule has 5 nitrogen and oxygen atoms in total. The van der Waals surface area contributed by atoms with E-state index in [1.165, 1.54) is 0 Å². The Morgan fingerprint density at radius 1 is 1.35 bits per heavy atom. The molecule has 1 heterocycles. The van der Waals surface area contributed by atoms with Gasteiger partial charge in [0.15, 0.2) is 0 Å². The van der Waals surface area contributed by atoms with Crippen LogP contribution in [0.4, 0.5) is 0 Å². The van der Waals surface area contributed by atoms with Crippen LogP contribution in [0.3, 0.4) is 0 Å². The molecule has 0 aliphatic heterocycles. The molecule has 112 valence electrons. The Hall–Kier alpha value is -1.30. The topological polar surface area (TPSA) is 63.1 Å². The fourth-order valence-electron chi connectivity index (χ4n) is 1.79. The summed E-state index contributed by atoms with van der Waals surface area (Å²) < 4.78 is 2.73.